The normalized spacial score (nSPS) is 45.9. The van der Waals surface area contributed by atoms with Crippen molar-refractivity contribution in [2.45, 2.75) is 39.2 Å². The first-order chi connectivity index (χ1) is 8.93. The van der Waals surface area contributed by atoms with Gasteiger partial charge in [0.2, 0.25) is 0 Å². The average molecular weight is 264 g/mol. The van der Waals surface area contributed by atoms with Gasteiger partial charge < -0.3 is 9.47 Å². The van der Waals surface area contributed by atoms with Crippen LogP contribution in [0.3, 0.4) is 0 Å². The Morgan fingerprint density at radius 2 is 2.11 bits per heavy atom. The predicted octanol–water partition coefficient (Wildman–Crippen LogP) is 2.08. The zero-order chi connectivity index (χ0) is 13.8. The Morgan fingerprint density at radius 1 is 1.37 bits per heavy atom. The van der Waals surface area contributed by atoms with Gasteiger partial charge in [-0.05, 0) is 38.0 Å². The molecule has 4 nitrogen and oxygen atoms in total. The van der Waals surface area contributed by atoms with Gasteiger partial charge in [0.25, 0.3) is 0 Å². The fourth-order valence-corrected chi connectivity index (χ4v) is 4.19. The topological polar surface area (TPSA) is 52.6 Å². The van der Waals surface area contributed by atoms with Crippen LogP contribution < -0.4 is 0 Å². The highest BCUT2D eigenvalue weighted by Gasteiger charge is 2.55. The van der Waals surface area contributed by atoms with E-state index >= 15 is 0 Å². The number of hydrogen-bond donors (Lipinski definition) is 0. The van der Waals surface area contributed by atoms with Gasteiger partial charge in [-0.15, -0.1) is 0 Å². The van der Waals surface area contributed by atoms with Gasteiger partial charge in [-0.25, -0.2) is 4.79 Å². The summed E-state index contributed by atoms with van der Waals surface area (Å²) in [5.74, 6) is 0.213. The van der Waals surface area contributed by atoms with E-state index in [-0.39, 0.29) is 24.0 Å². The fourth-order valence-electron chi connectivity index (χ4n) is 4.19. The lowest BCUT2D eigenvalue weighted by atomic mass is 9.66. The van der Waals surface area contributed by atoms with Crippen molar-refractivity contribution in [2.24, 2.45) is 23.2 Å². The van der Waals surface area contributed by atoms with Crippen LogP contribution in [-0.2, 0) is 19.1 Å². The summed E-state index contributed by atoms with van der Waals surface area (Å²) >= 11 is 0. The summed E-state index contributed by atoms with van der Waals surface area (Å²) in [6, 6.07) is 0. The summed E-state index contributed by atoms with van der Waals surface area (Å²) in [4.78, 5) is 23.9. The van der Waals surface area contributed by atoms with Crippen LogP contribution in [0.2, 0.25) is 0 Å². The highest BCUT2D eigenvalue weighted by molar-refractivity contribution is 5.91. The summed E-state index contributed by atoms with van der Waals surface area (Å²) in [6.45, 7) is 8.50. The van der Waals surface area contributed by atoms with Crippen molar-refractivity contribution in [1.29, 1.82) is 0 Å². The molecule has 2 aliphatic heterocycles. The summed E-state index contributed by atoms with van der Waals surface area (Å²) in [5.41, 5.74) is 0.0195. The average Bonchev–Trinajstić information content (AvgIpc) is 2.54. The molecule has 2 saturated heterocycles. The van der Waals surface area contributed by atoms with Crippen LogP contribution in [0.25, 0.3) is 0 Å². The summed E-state index contributed by atoms with van der Waals surface area (Å²) in [5, 5.41) is 0. The van der Waals surface area contributed by atoms with Gasteiger partial charge >= 0.3 is 11.9 Å². The van der Waals surface area contributed by atoms with Gasteiger partial charge in [-0.1, -0.05) is 13.5 Å². The molecule has 0 unspecified atom stereocenters. The standard InChI is InChI=1S/C15H20O4/c1-8-6-12-10(9(2)13(16)19-12)7-15(3)11(8)4-5-18-14(15)17/h8,10-12H,2,4-7H2,1,3H3/t8-,10-,11+,12-,15+/m1/s1. The minimum absolute atomic E-state index is 0.0319. The van der Waals surface area contributed by atoms with E-state index in [2.05, 4.69) is 13.5 Å². The summed E-state index contributed by atoms with van der Waals surface area (Å²) in [7, 11) is 0. The molecule has 5 atom stereocenters. The Labute approximate surface area is 113 Å². The quantitative estimate of drug-likeness (QED) is 0.496. The minimum atomic E-state index is -0.506. The van der Waals surface area contributed by atoms with Crippen molar-refractivity contribution in [2.75, 3.05) is 6.61 Å². The van der Waals surface area contributed by atoms with Crippen molar-refractivity contribution in [3.05, 3.63) is 12.2 Å². The van der Waals surface area contributed by atoms with E-state index in [9.17, 15) is 9.59 Å². The molecule has 0 amide bonds. The number of cyclic esters (lactones) is 1. The fraction of sp³-hybridized carbons (Fsp3) is 0.733. The number of hydrogen-bond acceptors (Lipinski definition) is 4. The third-order valence-electron chi connectivity index (χ3n) is 5.30. The number of esters is 2. The minimum Gasteiger partial charge on any atom is -0.465 e. The molecule has 0 aromatic rings. The molecule has 0 bridgehead atoms. The lowest BCUT2D eigenvalue weighted by molar-refractivity contribution is -0.169. The van der Waals surface area contributed by atoms with Crippen LogP contribution in [0.15, 0.2) is 12.2 Å². The van der Waals surface area contributed by atoms with Crippen LogP contribution in [0.1, 0.15) is 33.1 Å². The molecule has 1 aliphatic carbocycles. The lowest BCUT2D eigenvalue weighted by Crippen LogP contribution is -2.45. The SMILES string of the molecule is C=C1C(=O)O[C@@H]2C[C@@H](C)[C@@H]3CCOC(=O)[C@@]3(C)C[C@H]12. The van der Waals surface area contributed by atoms with E-state index in [0.717, 1.165) is 12.8 Å². The van der Waals surface area contributed by atoms with Gasteiger partial charge in [0.15, 0.2) is 0 Å². The maximum Gasteiger partial charge on any atom is 0.334 e. The van der Waals surface area contributed by atoms with Crippen molar-refractivity contribution in [3.8, 4) is 0 Å². The number of rotatable bonds is 0. The van der Waals surface area contributed by atoms with Gasteiger partial charge in [-0.2, -0.15) is 0 Å². The lowest BCUT2D eigenvalue weighted by Gasteiger charge is -2.41. The third kappa shape index (κ3) is 1.72. The molecule has 0 aromatic heterocycles. The molecule has 3 rings (SSSR count). The first-order valence-corrected chi connectivity index (χ1v) is 7.00. The Bertz CT molecular complexity index is 455. The van der Waals surface area contributed by atoms with Gasteiger partial charge in [0.1, 0.15) is 6.10 Å². The Morgan fingerprint density at radius 3 is 2.84 bits per heavy atom. The molecule has 0 radical (unpaired) electrons. The van der Waals surface area contributed by atoms with Crippen LogP contribution in [0.5, 0.6) is 0 Å². The van der Waals surface area contributed by atoms with Crippen molar-refractivity contribution < 1.29 is 19.1 Å². The predicted molar refractivity (Wildman–Crippen MR) is 68.1 cm³/mol. The van der Waals surface area contributed by atoms with Crippen LogP contribution in [0, 0.1) is 23.2 Å². The van der Waals surface area contributed by atoms with E-state index in [4.69, 9.17) is 9.47 Å². The maximum absolute atomic E-state index is 12.2. The van der Waals surface area contributed by atoms with E-state index in [1.54, 1.807) is 0 Å². The molecular formula is C15H20O4. The van der Waals surface area contributed by atoms with E-state index in [1.165, 1.54) is 0 Å². The molecule has 4 heteroatoms. The largest absolute Gasteiger partial charge is 0.465 e. The molecule has 3 fully saturated rings. The summed E-state index contributed by atoms with van der Waals surface area (Å²) in [6.07, 6.45) is 2.24. The second-order valence-electron chi connectivity index (χ2n) is 6.44. The van der Waals surface area contributed by atoms with Crippen LogP contribution in [0.4, 0.5) is 0 Å². The maximum atomic E-state index is 12.2. The molecule has 0 aromatic carbocycles. The van der Waals surface area contributed by atoms with E-state index in [0.29, 0.717) is 30.4 Å². The number of carbonyl (C=O) groups excluding carboxylic acids is 2. The number of ether oxygens (including phenoxy) is 2. The Balaban J connectivity index is 1.98. The zero-order valence-corrected chi connectivity index (χ0v) is 11.5. The molecule has 2 heterocycles. The van der Waals surface area contributed by atoms with E-state index in [1.807, 2.05) is 6.92 Å². The second-order valence-corrected chi connectivity index (χ2v) is 6.44. The van der Waals surface area contributed by atoms with Crippen molar-refractivity contribution >= 4 is 11.9 Å². The molecule has 3 aliphatic rings. The highest BCUT2D eigenvalue weighted by Crippen LogP contribution is 2.52. The number of carbonyl (C=O) groups is 2. The molecule has 0 N–H and O–H groups in total. The molecule has 104 valence electrons. The number of fused-ring (bicyclic) bond motifs is 2. The molecular weight excluding hydrogens is 244 g/mol. The zero-order valence-electron chi connectivity index (χ0n) is 11.5. The smallest absolute Gasteiger partial charge is 0.334 e. The Kier molecular flexibility index (Phi) is 2.73. The third-order valence-corrected chi connectivity index (χ3v) is 5.30. The van der Waals surface area contributed by atoms with Gasteiger partial charge in [-0.3, -0.25) is 4.79 Å². The first-order valence-electron chi connectivity index (χ1n) is 7.00. The highest BCUT2D eigenvalue weighted by atomic mass is 16.6. The second kappa shape index (κ2) is 4.09. The summed E-state index contributed by atoms with van der Waals surface area (Å²) < 4.78 is 10.7. The molecule has 0 spiro atoms. The van der Waals surface area contributed by atoms with E-state index < -0.39 is 5.41 Å². The monoisotopic (exact) mass is 264 g/mol. The van der Waals surface area contributed by atoms with Gasteiger partial charge in [0.05, 0.1) is 12.0 Å². The van der Waals surface area contributed by atoms with Crippen molar-refractivity contribution in [1.82, 2.24) is 0 Å². The molecule has 19 heavy (non-hydrogen) atoms. The van der Waals surface area contributed by atoms with Crippen LogP contribution in [-0.4, -0.2) is 24.6 Å². The van der Waals surface area contributed by atoms with Crippen LogP contribution >= 0.6 is 0 Å². The Hall–Kier alpha value is -1.32. The van der Waals surface area contributed by atoms with Gasteiger partial charge in [0, 0.05) is 11.5 Å². The van der Waals surface area contributed by atoms with Crippen molar-refractivity contribution in [3.63, 3.8) is 0 Å². The first kappa shape index (κ1) is 12.7. The molecule has 1 saturated carbocycles.